The van der Waals surface area contributed by atoms with Crippen LogP contribution in [-0.2, 0) is 0 Å². The molecule has 1 aromatic rings. The summed E-state index contributed by atoms with van der Waals surface area (Å²) in [5.41, 5.74) is 5.80. The van der Waals surface area contributed by atoms with E-state index in [0.29, 0.717) is 12.5 Å². The Morgan fingerprint density at radius 3 is 2.76 bits per heavy atom. The van der Waals surface area contributed by atoms with Crippen LogP contribution in [0, 0.1) is 5.92 Å². The van der Waals surface area contributed by atoms with Gasteiger partial charge < -0.3 is 15.2 Å². The lowest BCUT2D eigenvalue weighted by Gasteiger charge is -2.31. The molecule has 3 heteroatoms. The van der Waals surface area contributed by atoms with Crippen LogP contribution < -0.4 is 15.2 Å². The van der Waals surface area contributed by atoms with Crippen molar-refractivity contribution in [2.24, 2.45) is 11.7 Å². The molecule has 17 heavy (non-hydrogen) atoms. The predicted octanol–water partition coefficient (Wildman–Crippen LogP) is 2.59. The molecule has 1 aromatic carbocycles. The van der Waals surface area contributed by atoms with Crippen LogP contribution in [0.3, 0.4) is 0 Å². The van der Waals surface area contributed by atoms with Gasteiger partial charge in [-0.2, -0.15) is 0 Å². The number of hydrogen-bond donors (Lipinski definition) is 1. The van der Waals surface area contributed by atoms with Crippen molar-refractivity contribution in [3.05, 3.63) is 24.3 Å². The molecule has 94 valence electrons. The molecule has 0 amide bonds. The van der Waals surface area contributed by atoms with Gasteiger partial charge in [-0.1, -0.05) is 12.5 Å². The summed E-state index contributed by atoms with van der Waals surface area (Å²) in [7, 11) is 1.67. The van der Waals surface area contributed by atoms with Crippen LogP contribution in [-0.4, -0.2) is 19.8 Å². The Hall–Kier alpha value is -1.22. The molecule has 3 nitrogen and oxygen atoms in total. The molecule has 0 saturated heterocycles. The summed E-state index contributed by atoms with van der Waals surface area (Å²) in [6.07, 6.45) is 5.08. The summed E-state index contributed by atoms with van der Waals surface area (Å²) in [4.78, 5) is 0. The minimum atomic E-state index is 0.265. The SMILES string of the molecule is COc1cccc(OC2CCCCC2CN)c1. The molecule has 0 aromatic heterocycles. The maximum absolute atomic E-state index is 6.04. The van der Waals surface area contributed by atoms with Crippen molar-refractivity contribution in [2.75, 3.05) is 13.7 Å². The fourth-order valence-corrected chi connectivity index (χ4v) is 2.45. The Labute approximate surface area is 103 Å². The molecule has 1 aliphatic carbocycles. The Morgan fingerprint density at radius 1 is 1.24 bits per heavy atom. The standard InChI is InChI=1S/C14H21NO2/c1-16-12-6-4-7-13(9-12)17-14-8-3-2-5-11(14)10-15/h4,6-7,9,11,14H,2-3,5,8,10,15H2,1H3. The maximum atomic E-state index is 6.04. The molecule has 0 spiro atoms. The molecular formula is C14H21NO2. The van der Waals surface area contributed by atoms with Crippen LogP contribution in [0.4, 0.5) is 0 Å². The van der Waals surface area contributed by atoms with Crippen LogP contribution >= 0.6 is 0 Å². The third-order valence-corrected chi connectivity index (χ3v) is 3.47. The number of rotatable bonds is 4. The number of hydrogen-bond acceptors (Lipinski definition) is 3. The highest BCUT2D eigenvalue weighted by atomic mass is 16.5. The normalized spacial score (nSPS) is 24.4. The average molecular weight is 235 g/mol. The minimum Gasteiger partial charge on any atom is -0.497 e. The van der Waals surface area contributed by atoms with E-state index in [1.807, 2.05) is 24.3 Å². The molecule has 1 fully saturated rings. The van der Waals surface area contributed by atoms with E-state index in [4.69, 9.17) is 15.2 Å². The topological polar surface area (TPSA) is 44.5 Å². The highest BCUT2D eigenvalue weighted by Gasteiger charge is 2.25. The van der Waals surface area contributed by atoms with Gasteiger partial charge in [0.15, 0.2) is 0 Å². The third kappa shape index (κ3) is 3.13. The summed E-state index contributed by atoms with van der Waals surface area (Å²) in [6, 6.07) is 7.79. The fourth-order valence-electron chi connectivity index (χ4n) is 2.45. The van der Waals surface area contributed by atoms with E-state index in [1.54, 1.807) is 7.11 Å². The summed E-state index contributed by atoms with van der Waals surface area (Å²) < 4.78 is 11.2. The quantitative estimate of drug-likeness (QED) is 0.872. The van der Waals surface area contributed by atoms with Gasteiger partial charge in [0.25, 0.3) is 0 Å². The van der Waals surface area contributed by atoms with Gasteiger partial charge in [-0.3, -0.25) is 0 Å². The molecule has 0 bridgehead atoms. The first-order valence-electron chi connectivity index (χ1n) is 6.34. The fraction of sp³-hybridized carbons (Fsp3) is 0.571. The molecule has 2 N–H and O–H groups in total. The first-order chi connectivity index (χ1) is 8.33. The molecule has 2 rings (SSSR count). The van der Waals surface area contributed by atoms with Crippen molar-refractivity contribution >= 4 is 0 Å². The van der Waals surface area contributed by atoms with Gasteiger partial charge in [0, 0.05) is 12.0 Å². The van der Waals surface area contributed by atoms with E-state index in [9.17, 15) is 0 Å². The van der Waals surface area contributed by atoms with E-state index >= 15 is 0 Å². The molecule has 2 atom stereocenters. The zero-order valence-corrected chi connectivity index (χ0v) is 10.4. The Morgan fingerprint density at radius 2 is 2.00 bits per heavy atom. The Bertz CT molecular complexity index is 354. The van der Waals surface area contributed by atoms with Crippen LogP contribution in [0.5, 0.6) is 11.5 Å². The van der Waals surface area contributed by atoms with Crippen LogP contribution in [0.1, 0.15) is 25.7 Å². The summed E-state index contributed by atoms with van der Waals surface area (Å²) in [5.74, 6) is 2.22. The highest BCUT2D eigenvalue weighted by molar-refractivity contribution is 5.33. The highest BCUT2D eigenvalue weighted by Crippen LogP contribution is 2.29. The van der Waals surface area contributed by atoms with Gasteiger partial charge in [-0.25, -0.2) is 0 Å². The van der Waals surface area contributed by atoms with E-state index in [2.05, 4.69) is 0 Å². The second-order valence-electron chi connectivity index (χ2n) is 4.62. The van der Waals surface area contributed by atoms with Gasteiger partial charge in [0.05, 0.1) is 7.11 Å². The summed E-state index contributed by atoms with van der Waals surface area (Å²) in [5, 5.41) is 0. The van der Waals surface area contributed by atoms with Crippen molar-refractivity contribution < 1.29 is 9.47 Å². The van der Waals surface area contributed by atoms with E-state index < -0.39 is 0 Å². The molecule has 1 aliphatic rings. The largest absolute Gasteiger partial charge is 0.497 e. The monoisotopic (exact) mass is 235 g/mol. The van der Waals surface area contributed by atoms with Gasteiger partial charge >= 0.3 is 0 Å². The zero-order chi connectivity index (χ0) is 12.1. The number of ether oxygens (including phenoxy) is 2. The first kappa shape index (κ1) is 12.2. The van der Waals surface area contributed by atoms with Crippen molar-refractivity contribution in [1.82, 2.24) is 0 Å². The molecule has 1 saturated carbocycles. The van der Waals surface area contributed by atoms with Gasteiger partial charge in [0.1, 0.15) is 17.6 Å². The number of nitrogens with two attached hydrogens (primary N) is 1. The summed E-state index contributed by atoms with van der Waals surface area (Å²) in [6.45, 7) is 0.717. The maximum Gasteiger partial charge on any atom is 0.123 e. The molecule has 0 aliphatic heterocycles. The van der Waals surface area contributed by atoms with Gasteiger partial charge in [0.2, 0.25) is 0 Å². The zero-order valence-electron chi connectivity index (χ0n) is 10.4. The van der Waals surface area contributed by atoms with Crippen LogP contribution in [0.2, 0.25) is 0 Å². The lowest BCUT2D eigenvalue weighted by atomic mass is 9.86. The molecule has 0 radical (unpaired) electrons. The summed E-state index contributed by atoms with van der Waals surface area (Å²) >= 11 is 0. The predicted molar refractivity (Wildman–Crippen MR) is 68.4 cm³/mol. The minimum absolute atomic E-state index is 0.265. The smallest absolute Gasteiger partial charge is 0.123 e. The van der Waals surface area contributed by atoms with Crippen molar-refractivity contribution in [2.45, 2.75) is 31.8 Å². The second kappa shape index (κ2) is 5.92. The lowest BCUT2D eigenvalue weighted by Crippen LogP contribution is -2.35. The first-order valence-corrected chi connectivity index (χ1v) is 6.34. The van der Waals surface area contributed by atoms with Crippen LogP contribution in [0.15, 0.2) is 24.3 Å². The second-order valence-corrected chi connectivity index (χ2v) is 4.62. The number of methoxy groups -OCH3 is 1. The van der Waals surface area contributed by atoms with E-state index in [-0.39, 0.29) is 6.10 Å². The third-order valence-electron chi connectivity index (χ3n) is 3.47. The molecule has 0 heterocycles. The Kier molecular flexibility index (Phi) is 4.26. The van der Waals surface area contributed by atoms with Gasteiger partial charge in [-0.05, 0) is 37.9 Å². The lowest BCUT2D eigenvalue weighted by molar-refractivity contribution is 0.0967. The van der Waals surface area contributed by atoms with Gasteiger partial charge in [-0.15, -0.1) is 0 Å². The van der Waals surface area contributed by atoms with Crippen molar-refractivity contribution in [1.29, 1.82) is 0 Å². The Balaban J connectivity index is 2.02. The van der Waals surface area contributed by atoms with E-state index in [1.165, 1.54) is 19.3 Å². The van der Waals surface area contributed by atoms with Crippen LogP contribution in [0.25, 0.3) is 0 Å². The molecule has 2 unspecified atom stereocenters. The molecular weight excluding hydrogens is 214 g/mol. The van der Waals surface area contributed by atoms with Crippen molar-refractivity contribution in [3.8, 4) is 11.5 Å². The average Bonchev–Trinajstić information content (AvgIpc) is 2.39. The van der Waals surface area contributed by atoms with Crippen molar-refractivity contribution in [3.63, 3.8) is 0 Å². The van der Waals surface area contributed by atoms with E-state index in [0.717, 1.165) is 17.9 Å². The number of benzene rings is 1.